The van der Waals surface area contributed by atoms with Gasteiger partial charge in [0, 0.05) is 35.8 Å². The van der Waals surface area contributed by atoms with Crippen molar-refractivity contribution in [3.05, 3.63) is 65.9 Å². The van der Waals surface area contributed by atoms with Crippen LogP contribution in [-0.4, -0.2) is 48.1 Å². The van der Waals surface area contributed by atoms with Crippen molar-refractivity contribution >= 4 is 22.8 Å². The maximum Gasteiger partial charge on any atom is 0.312 e. The highest BCUT2D eigenvalue weighted by Gasteiger charge is 2.43. The molecule has 1 aromatic heterocycles. The Morgan fingerprint density at radius 1 is 0.909 bits per heavy atom. The van der Waals surface area contributed by atoms with Crippen LogP contribution < -0.4 is 4.74 Å². The number of nitrogens with one attached hydrogen (secondary N) is 1. The molecule has 6 heteroatoms. The molecule has 1 N–H and O–H groups in total. The molecule has 0 bridgehead atoms. The molecule has 33 heavy (non-hydrogen) atoms. The molecule has 3 heterocycles. The number of aromatic nitrogens is 1. The second kappa shape index (κ2) is 9.30. The average molecular weight is 447 g/mol. The van der Waals surface area contributed by atoms with Crippen molar-refractivity contribution in [3.63, 3.8) is 0 Å². The van der Waals surface area contributed by atoms with E-state index >= 15 is 0 Å². The van der Waals surface area contributed by atoms with E-state index in [-0.39, 0.29) is 18.5 Å². The van der Waals surface area contributed by atoms with Crippen LogP contribution in [0.15, 0.2) is 54.7 Å². The van der Waals surface area contributed by atoms with Crippen LogP contribution in [0.25, 0.3) is 10.9 Å². The quantitative estimate of drug-likeness (QED) is 0.548. The fourth-order valence-electron chi connectivity index (χ4n) is 5.21. The number of aromatic amines is 1. The highest BCUT2D eigenvalue weighted by atomic mass is 16.6. The topological polar surface area (TPSA) is 71.6 Å². The van der Waals surface area contributed by atoms with Gasteiger partial charge in [-0.15, -0.1) is 0 Å². The zero-order valence-electron chi connectivity index (χ0n) is 18.8. The van der Waals surface area contributed by atoms with Gasteiger partial charge in [-0.1, -0.05) is 30.7 Å². The number of ether oxygens (including phenoxy) is 2. The van der Waals surface area contributed by atoms with Crippen LogP contribution in [0.3, 0.4) is 0 Å². The van der Waals surface area contributed by atoms with Crippen molar-refractivity contribution in [3.8, 4) is 5.75 Å². The minimum Gasteiger partial charge on any atom is -0.490 e. The third-order valence-corrected chi connectivity index (χ3v) is 7.16. The van der Waals surface area contributed by atoms with E-state index in [1.54, 1.807) is 0 Å². The van der Waals surface area contributed by atoms with Crippen molar-refractivity contribution in [2.75, 3.05) is 26.3 Å². The maximum absolute atomic E-state index is 13.3. The summed E-state index contributed by atoms with van der Waals surface area (Å²) < 4.78 is 11.6. The predicted octanol–water partition coefficient (Wildman–Crippen LogP) is 4.74. The summed E-state index contributed by atoms with van der Waals surface area (Å²) in [4.78, 5) is 31.5. The van der Waals surface area contributed by atoms with Gasteiger partial charge in [-0.05, 0) is 61.9 Å². The summed E-state index contributed by atoms with van der Waals surface area (Å²) in [6.45, 7) is 1.72. The molecule has 0 saturated carbocycles. The summed E-state index contributed by atoms with van der Waals surface area (Å²) in [5, 5.41) is 0.938. The van der Waals surface area contributed by atoms with Crippen molar-refractivity contribution in [2.24, 2.45) is 5.41 Å². The second-order valence-electron chi connectivity index (χ2n) is 9.12. The maximum atomic E-state index is 13.3. The van der Waals surface area contributed by atoms with E-state index in [9.17, 15) is 9.59 Å². The zero-order valence-corrected chi connectivity index (χ0v) is 18.8. The molecule has 2 aromatic carbocycles. The fourth-order valence-corrected chi connectivity index (χ4v) is 5.21. The highest BCUT2D eigenvalue weighted by Crippen LogP contribution is 2.39. The van der Waals surface area contributed by atoms with Gasteiger partial charge in [-0.2, -0.15) is 0 Å². The van der Waals surface area contributed by atoms with E-state index < -0.39 is 5.41 Å². The number of cyclic esters (lactones) is 1. The third-order valence-electron chi connectivity index (χ3n) is 7.16. The number of H-pyrrole nitrogens is 1. The van der Waals surface area contributed by atoms with Gasteiger partial charge in [-0.3, -0.25) is 9.59 Å². The molecule has 2 aliphatic heterocycles. The second-order valence-corrected chi connectivity index (χ2v) is 9.12. The largest absolute Gasteiger partial charge is 0.490 e. The molecule has 0 unspecified atom stereocenters. The molecule has 1 spiro atoms. The van der Waals surface area contributed by atoms with Crippen LogP contribution in [0.4, 0.5) is 0 Å². The fraction of sp³-hybridized carbons (Fsp3) is 0.407. The van der Waals surface area contributed by atoms with E-state index in [2.05, 4.69) is 11.1 Å². The van der Waals surface area contributed by atoms with Crippen LogP contribution in [0.1, 0.15) is 48.0 Å². The number of benzene rings is 2. The molecule has 0 aliphatic carbocycles. The molecule has 1 amide bonds. The number of piperidine rings is 1. The lowest BCUT2D eigenvalue weighted by molar-refractivity contribution is -0.160. The minimum atomic E-state index is -0.518. The van der Waals surface area contributed by atoms with Crippen LogP contribution >= 0.6 is 0 Å². The lowest BCUT2D eigenvalue weighted by Crippen LogP contribution is -2.47. The van der Waals surface area contributed by atoms with Gasteiger partial charge < -0.3 is 19.4 Å². The SMILES string of the molecule is O=C(c1cccc2[nH]ccc12)N1CCC2(CCCCc3ccccc3OCCOC2=O)CC1. The molecular formula is C27H30N2O4. The van der Waals surface area contributed by atoms with Crippen LogP contribution in [-0.2, 0) is 16.0 Å². The van der Waals surface area contributed by atoms with Crippen LogP contribution in [0.5, 0.6) is 5.75 Å². The van der Waals surface area contributed by atoms with Crippen LogP contribution in [0, 0.1) is 5.41 Å². The number of aryl methyl sites for hydroxylation is 1. The summed E-state index contributed by atoms with van der Waals surface area (Å²) in [5.74, 6) is 0.773. The Hall–Kier alpha value is -3.28. The van der Waals surface area contributed by atoms with Crippen molar-refractivity contribution in [1.82, 2.24) is 9.88 Å². The molecule has 1 fully saturated rings. The number of carbonyl (C=O) groups excluding carboxylic acids is 2. The Morgan fingerprint density at radius 3 is 2.61 bits per heavy atom. The van der Waals surface area contributed by atoms with Crippen molar-refractivity contribution in [1.29, 1.82) is 0 Å². The number of amides is 1. The average Bonchev–Trinajstić information content (AvgIpc) is 3.33. The van der Waals surface area contributed by atoms with Gasteiger partial charge in [0.15, 0.2) is 0 Å². The van der Waals surface area contributed by atoms with E-state index in [0.29, 0.717) is 38.1 Å². The van der Waals surface area contributed by atoms with Gasteiger partial charge in [-0.25, -0.2) is 0 Å². The van der Waals surface area contributed by atoms with Gasteiger partial charge in [0.25, 0.3) is 5.91 Å². The van der Waals surface area contributed by atoms with Gasteiger partial charge in [0.1, 0.15) is 19.0 Å². The smallest absolute Gasteiger partial charge is 0.312 e. The summed E-state index contributed by atoms with van der Waals surface area (Å²) in [5.41, 5.74) is 2.36. The van der Waals surface area contributed by atoms with E-state index in [1.807, 2.05) is 53.6 Å². The Balaban J connectivity index is 1.27. The number of nitrogens with zero attached hydrogens (tertiary/aromatic N) is 1. The normalized spacial score (nSPS) is 19.2. The monoisotopic (exact) mass is 446 g/mol. The Morgan fingerprint density at radius 2 is 1.73 bits per heavy atom. The minimum absolute atomic E-state index is 0.0292. The number of esters is 1. The highest BCUT2D eigenvalue weighted by molar-refractivity contribution is 6.06. The number of fused-ring (bicyclic) bond motifs is 2. The van der Waals surface area contributed by atoms with Crippen molar-refractivity contribution < 1.29 is 19.1 Å². The van der Waals surface area contributed by atoms with Crippen molar-refractivity contribution in [2.45, 2.75) is 38.5 Å². The molecule has 3 aromatic rings. The molecule has 0 radical (unpaired) electrons. The number of rotatable bonds is 1. The Labute approximate surface area is 193 Å². The van der Waals surface area contributed by atoms with Gasteiger partial charge in [0.05, 0.1) is 5.41 Å². The standard InChI is InChI=1S/C27H30N2O4/c30-25(22-8-5-9-23-21(22)11-15-28-23)29-16-13-27(14-17-29)12-4-3-7-20-6-1-2-10-24(20)32-18-19-33-26(27)31/h1-2,5-6,8-11,15,28H,3-4,7,12-14,16-19H2. The first-order valence-electron chi connectivity index (χ1n) is 11.9. The molecule has 2 aliphatic rings. The lowest BCUT2D eigenvalue weighted by atomic mass is 9.74. The first kappa shape index (κ1) is 21.6. The first-order chi connectivity index (χ1) is 16.2. The molecule has 0 atom stereocenters. The molecule has 172 valence electrons. The van der Waals surface area contributed by atoms with Gasteiger partial charge in [0.2, 0.25) is 0 Å². The van der Waals surface area contributed by atoms with Gasteiger partial charge >= 0.3 is 5.97 Å². The molecule has 6 nitrogen and oxygen atoms in total. The van der Waals surface area contributed by atoms with E-state index in [1.165, 1.54) is 5.56 Å². The first-order valence-corrected chi connectivity index (χ1v) is 11.9. The summed E-state index contributed by atoms with van der Waals surface area (Å²) in [7, 11) is 0. The number of hydrogen-bond acceptors (Lipinski definition) is 4. The zero-order chi connectivity index (χ0) is 22.7. The molecule has 5 rings (SSSR count). The number of likely N-dealkylation sites (tertiary alicyclic amines) is 1. The Bertz CT molecular complexity index is 1140. The Kier molecular flexibility index (Phi) is 6.07. The summed E-state index contributed by atoms with van der Waals surface area (Å²) in [6.07, 6.45) is 6.80. The number of hydrogen-bond donors (Lipinski definition) is 1. The third kappa shape index (κ3) is 4.34. The van der Waals surface area contributed by atoms with E-state index in [0.717, 1.165) is 42.3 Å². The summed E-state index contributed by atoms with van der Waals surface area (Å²) in [6, 6.07) is 15.8. The number of para-hydroxylation sites is 1. The van der Waals surface area contributed by atoms with Crippen LogP contribution in [0.2, 0.25) is 0 Å². The summed E-state index contributed by atoms with van der Waals surface area (Å²) >= 11 is 0. The predicted molar refractivity (Wildman–Crippen MR) is 126 cm³/mol. The molecular weight excluding hydrogens is 416 g/mol. The number of carbonyl (C=O) groups is 2. The lowest BCUT2D eigenvalue weighted by Gasteiger charge is -2.40. The molecule has 1 saturated heterocycles. The van der Waals surface area contributed by atoms with E-state index in [4.69, 9.17) is 9.47 Å².